The molecule has 0 radical (unpaired) electrons. The molecule has 3 fully saturated rings. The van der Waals surface area contributed by atoms with Crippen LogP contribution in [-0.4, -0.2) is 11.6 Å². The lowest BCUT2D eigenvalue weighted by molar-refractivity contribution is -0.169. The van der Waals surface area contributed by atoms with Gasteiger partial charge in [-0.1, -0.05) is 39.0 Å². The van der Waals surface area contributed by atoms with Gasteiger partial charge in [-0.25, -0.2) is 0 Å². The van der Waals surface area contributed by atoms with Crippen LogP contribution in [-0.2, 0) is 9.53 Å². The maximum atomic E-state index is 12.8. The number of ether oxygens (including phenoxy) is 1. The third-order valence-corrected chi connectivity index (χ3v) is 7.78. The minimum Gasteiger partial charge on any atom is -0.459 e. The van der Waals surface area contributed by atoms with E-state index in [9.17, 15) is 4.79 Å². The molecule has 3 rings (SSSR count). The van der Waals surface area contributed by atoms with E-state index in [0.717, 1.165) is 30.6 Å². The molecule has 25 heavy (non-hydrogen) atoms. The summed E-state index contributed by atoms with van der Waals surface area (Å²) >= 11 is 0. The van der Waals surface area contributed by atoms with Gasteiger partial charge in [-0.15, -0.1) is 0 Å². The molecule has 0 saturated heterocycles. The van der Waals surface area contributed by atoms with Crippen LogP contribution in [0.4, 0.5) is 0 Å². The maximum Gasteiger partial charge on any atom is 0.309 e. The van der Waals surface area contributed by atoms with Crippen molar-refractivity contribution in [3.63, 3.8) is 0 Å². The standard InChI is InChI=1S/C23H40O2/c1-17-9-11-18(12-10-17)19-13-15-20(16-14-19)22(24)25-23(2,3)21-7-5-4-6-8-21/h17-21H,4-16H2,1-3H3. The third kappa shape index (κ3) is 5.01. The largest absolute Gasteiger partial charge is 0.459 e. The molecule has 0 aliphatic heterocycles. The lowest BCUT2D eigenvalue weighted by Crippen LogP contribution is -2.40. The Morgan fingerprint density at radius 3 is 1.84 bits per heavy atom. The average molecular weight is 349 g/mol. The summed E-state index contributed by atoms with van der Waals surface area (Å²) in [5, 5.41) is 0. The molecule has 0 atom stereocenters. The SMILES string of the molecule is CC1CCC(C2CCC(C(=O)OC(C)(C)C3CCCCC3)CC2)CC1. The monoisotopic (exact) mass is 348 g/mol. The Balaban J connectivity index is 1.45. The molecular weight excluding hydrogens is 308 g/mol. The van der Waals surface area contributed by atoms with Crippen molar-refractivity contribution in [2.45, 2.75) is 110 Å². The fourth-order valence-corrected chi connectivity index (χ4v) is 5.81. The summed E-state index contributed by atoms with van der Waals surface area (Å²) in [6.45, 7) is 6.70. The molecule has 3 aliphatic carbocycles. The molecule has 0 aromatic heterocycles. The Kier molecular flexibility index (Phi) is 6.49. The van der Waals surface area contributed by atoms with Crippen LogP contribution in [0.5, 0.6) is 0 Å². The number of carbonyl (C=O) groups excluding carboxylic acids is 1. The Labute approximate surface area is 155 Å². The lowest BCUT2D eigenvalue weighted by atomic mass is 9.69. The van der Waals surface area contributed by atoms with E-state index in [1.807, 2.05) is 0 Å². The predicted molar refractivity (Wildman–Crippen MR) is 103 cm³/mol. The van der Waals surface area contributed by atoms with Crippen LogP contribution in [0.2, 0.25) is 0 Å². The number of carbonyl (C=O) groups is 1. The van der Waals surface area contributed by atoms with Gasteiger partial charge in [-0.3, -0.25) is 4.79 Å². The van der Waals surface area contributed by atoms with Gasteiger partial charge >= 0.3 is 5.97 Å². The fourth-order valence-electron chi connectivity index (χ4n) is 5.81. The Morgan fingerprint density at radius 2 is 1.28 bits per heavy atom. The van der Waals surface area contributed by atoms with Crippen molar-refractivity contribution in [2.75, 3.05) is 0 Å². The molecule has 2 nitrogen and oxygen atoms in total. The molecule has 0 unspecified atom stereocenters. The Bertz CT molecular complexity index is 419. The molecule has 0 spiro atoms. The molecule has 3 saturated carbocycles. The van der Waals surface area contributed by atoms with Crippen LogP contribution in [0.1, 0.15) is 104 Å². The van der Waals surface area contributed by atoms with Crippen molar-refractivity contribution in [1.29, 1.82) is 0 Å². The van der Waals surface area contributed by atoms with Gasteiger partial charge in [0.1, 0.15) is 5.60 Å². The number of rotatable bonds is 4. The highest BCUT2D eigenvalue weighted by Gasteiger charge is 2.38. The molecule has 3 aliphatic rings. The van der Waals surface area contributed by atoms with Crippen LogP contribution in [0.25, 0.3) is 0 Å². The first-order chi connectivity index (χ1) is 12.0. The summed E-state index contributed by atoms with van der Waals surface area (Å²) in [7, 11) is 0. The molecule has 0 N–H and O–H groups in total. The van der Waals surface area contributed by atoms with E-state index in [1.165, 1.54) is 70.6 Å². The summed E-state index contributed by atoms with van der Waals surface area (Å²) in [5.41, 5.74) is -0.270. The first-order valence-corrected chi connectivity index (χ1v) is 11.2. The van der Waals surface area contributed by atoms with Crippen molar-refractivity contribution in [3.05, 3.63) is 0 Å². The van der Waals surface area contributed by atoms with Crippen molar-refractivity contribution >= 4 is 5.97 Å². The van der Waals surface area contributed by atoms with E-state index in [0.29, 0.717) is 5.92 Å². The van der Waals surface area contributed by atoms with Crippen LogP contribution in [0.3, 0.4) is 0 Å². The van der Waals surface area contributed by atoms with Crippen LogP contribution < -0.4 is 0 Å². The number of hydrogen-bond acceptors (Lipinski definition) is 2. The molecule has 0 heterocycles. The zero-order chi connectivity index (χ0) is 17.9. The van der Waals surface area contributed by atoms with Gasteiger partial charge in [0.2, 0.25) is 0 Å². The number of esters is 1. The van der Waals surface area contributed by atoms with Gasteiger partial charge in [-0.05, 0) is 88.9 Å². The first kappa shape index (κ1) is 19.2. The fraction of sp³-hybridized carbons (Fsp3) is 0.957. The van der Waals surface area contributed by atoms with Gasteiger partial charge in [0.05, 0.1) is 5.92 Å². The van der Waals surface area contributed by atoms with Crippen molar-refractivity contribution < 1.29 is 9.53 Å². The molecule has 144 valence electrons. The summed E-state index contributed by atoms with van der Waals surface area (Å²) in [6, 6.07) is 0. The first-order valence-electron chi connectivity index (χ1n) is 11.2. The van der Waals surface area contributed by atoms with E-state index >= 15 is 0 Å². The lowest BCUT2D eigenvalue weighted by Gasteiger charge is -2.39. The van der Waals surface area contributed by atoms with Gasteiger partial charge in [0.15, 0.2) is 0 Å². The summed E-state index contributed by atoms with van der Waals surface area (Å²) < 4.78 is 6.07. The van der Waals surface area contributed by atoms with E-state index in [4.69, 9.17) is 4.74 Å². The molecule has 0 aromatic carbocycles. The summed E-state index contributed by atoms with van der Waals surface area (Å²) in [4.78, 5) is 12.8. The van der Waals surface area contributed by atoms with E-state index in [2.05, 4.69) is 20.8 Å². The van der Waals surface area contributed by atoms with Gasteiger partial charge in [0.25, 0.3) is 0 Å². The van der Waals surface area contributed by atoms with Crippen LogP contribution in [0.15, 0.2) is 0 Å². The van der Waals surface area contributed by atoms with E-state index in [1.54, 1.807) is 0 Å². The smallest absolute Gasteiger partial charge is 0.309 e. The van der Waals surface area contributed by atoms with Crippen molar-refractivity contribution in [2.24, 2.45) is 29.6 Å². The van der Waals surface area contributed by atoms with Gasteiger partial charge in [-0.2, -0.15) is 0 Å². The highest BCUT2D eigenvalue weighted by Crippen LogP contribution is 2.42. The van der Waals surface area contributed by atoms with E-state index < -0.39 is 0 Å². The molecule has 0 aromatic rings. The highest BCUT2D eigenvalue weighted by atomic mass is 16.6. The van der Waals surface area contributed by atoms with E-state index in [-0.39, 0.29) is 17.5 Å². The zero-order valence-corrected chi connectivity index (χ0v) is 16.9. The quantitative estimate of drug-likeness (QED) is 0.540. The van der Waals surface area contributed by atoms with Gasteiger partial charge < -0.3 is 4.74 Å². The zero-order valence-electron chi connectivity index (χ0n) is 16.9. The third-order valence-electron chi connectivity index (χ3n) is 7.78. The maximum absolute atomic E-state index is 12.8. The van der Waals surface area contributed by atoms with Crippen molar-refractivity contribution in [3.8, 4) is 0 Å². The second kappa shape index (κ2) is 8.44. The molecular formula is C23H40O2. The number of hydrogen-bond donors (Lipinski definition) is 0. The topological polar surface area (TPSA) is 26.3 Å². The normalized spacial score (nSPS) is 35.3. The molecule has 0 amide bonds. The summed E-state index contributed by atoms with van der Waals surface area (Å²) in [5.74, 6) is 3.58. The highest BCUT2D eigenvalue weighted by molar-refractivity contribution is 5.73. The second-order valence-corrected chi connectivity index (χ2v) is 9.99. The minimum absolute atomic E-state index is 0.103. The van der Waals surface area contributed by atoms with Crippen LogP contribution >= 0.6 is 0 Å². The average Bonchev–Trinajstić information content (AvgIpc) is 2.63. The Morgan fingerprint density at radius 1 is 0.760 bits per heavy atom. The second-order valence-electron chi connectivity index (χ2n) is 9.99. The molecule has 0 bridgehead atoms. The van der Waals surface area contributed by atoms with Crippen LogP contribution in [0, 0.1) is 29.6 Å². The Hall–Kier alpha value is -0.530. The predicted octanol–water partition coefficient (Wildman–Crippen LogP) is 6.52. The van der Waals surface area contributed by atoms with Crippen molar-refractivity contribution in [1.82, 2.24) is 0 Å². The molecule has 2 heteroatoms. The van der Waals surface area contributed by atoms with Gasteiger partial charge in [0, 0.05) is 0 Å². The minimum atomic E-state index is -0.270. The summed E-state index contributed by atoms with van der Waals surface area (Å²) in [6.07, 6.45) is 16.7.